The maximum absolute atomic E-state index is 12.2. The van der Waals surface area contributed by atoms with Crippen LogP contribution >= 0.6 is 0 Å². The summed E-state index contributed by atoms with van der Waals surface area (Å²) in [5.74, 6) is -0.154. The molecule has 8 rings (SSSR count). The second-order valence-electron chi connectivity index (χ2n) is 23.4. The number of aliphatic hydroxyl groups excluding tert-OH is 11. The fraction of sp³-hybridized carbons (Fsp3) is 0.958. The Bertz CT molecular complexity index is 1750. The summed E-state index contributed by atoms with van der Waals surface area (Å²) in [5, 5.41) is 121. The van der Waals surface area contributed by atoms with Crippen LogP contribution < -0.4 is 0 Å². The molecule has 18 nitrogen and oxygen atoms in total. The molecule has 0 radical (unpaired) electrons. The molecule has 18 heteroatoms. The van der Waals surface area contributed by atoms with Crippen LogP contribution in [0.1, 0.15) is 99.8 Å². The fourth-order valence-corrected chi connectivity index (χ4v) is 15.2. The van der Waals surface area contributed by atoms with Gasteiger partial charge in [-0.2, -0.15) is 0 Å². The van der Waals surface area contributed by atoms with Crippen LogP contribution in [0.5, 0.6) is 0 Å². The first-order chi connectivity index (χ1) is 30.9. The lowest BCUT2D eigenvalue weighted by molar-refractivity contribution is -0.394. The molecule has 3 saturated heterocycles. The van der Waals surface area contributed by atoms with Gasteiger partial charge in [-0.3, -0.25) is 0 Å². The van der Waals surface area contributed by atoms with Gasteiger partial charge in [0, 0.05) is 23.9 Å². The minimum atomic E-state index is -1.83. The molecule has 11 N–H and O–H groups in total. The van der Waals surface area contributed by atoms with E-state index >= 15 is 0 Å². The van der Waals surface area contributed by atoms with E-state index in [1.807, 2.05) is 6.92 Å². The predicted octanol–water partition coefficient (Wildman–Crippen LogP) is -0.151. The summed E-state index contributed by atoms with van der Waals surface area (Å²) in [6.45, 7) is 13.6. The van der Waals surface area contributed by atoms with Crippen LogP contribution in [0, 0.1) is 50.2 Å². The summed E-state index contributed by atoms with van der Waals surface area (Å²) >= 11 is 0. The summed E-state index contributed by atoms with van der Waals surface area (Å²) in [6.07, 6.45) is -15.6. The van der Waals surface area contributed by atoms with Crippen LogP contribution in [0.2, 0.25) is 0 Å². The Morgan fingerprint density at radius 3 is 1.97 bits per heavy atom. The van der Waals surface area contributed by atoms with Crippen LogP contribution in [-0.4, -0.2) is 194 Å². The van der Waals surface area contributed by atoms with Gasteiger partial charge in [-0.25, -0.2) is 0 Å². The maximum Gasteiger partial charge on any atom is 0.187 e. The third kappa shape index (κ3) is 7.82. The Morgan fingerprint density at radius 1 is 0.682 bits per heavy atom. The lowest BCUT2D eigenvalue weighted by Crippen LogP contribution is -2.70. The SMILES string of the molecule is CO[C@@H]1C=C2[C@@H]3CC(C)(C)CC[C@]3(CO)[C@H](O)C[C@@]2(C)[C@]2(C)CC[C@H]3[C@](C)(CO)[C@@H](O[C@@H]4O[C@H](C)[C@H](O)[C@H](O)[C@H]4O[C@@H]4O[C@H](CO)[C@@H](O)[C@H](O)[C@H]4O[C@@H]4OC[C@@H](O)[C@H](O)[C@H]4O)CC[C@]3(C)[C@@H]12. The van der Waals surface area contributed by atoms with Gasteiger partial charge in [0.05, 0.1) is 50.8 Å². The molecule has 0 bridgehead atoms. The largest absolute Gasteiger partial charge is 0.396 e. The van der Waals surface area contributed by atoms with Crippen LogP contribution in [-0.2, 0) is 33.2 Å². The normalized spacial score (nSPS) is 56.0. The van der Waals surface area contributed by atoms with Crippen molar-refractivity contribution in [1.29, 1.82) is 0 Å². The highest BCUT2D eigenvalue weighted by atomic mass is 16.8. The topological polar surface area (TPSA) is 287 Å². The van der Waals surface area contributed by atoms with Gasteiger partial charge in [0.25, 0.3) is 0 Å². The number of hydrogen-bond donors (Lipinski definition) is 11. The summed E-state index contributed by atoms with van der Waals surface area (Å²) < 4.78 is 43.2. The fourth-order valence-electron chi connectivity index (χ4n) is 15.2. The molecule has 8 aliphatic rings. The zero-order valence-corrected chi connectivity index (χ0v) is 39.9. The van der Waals surface area contributed by atoms with Gasteiger partial charge >= 0.3 is 0 Å². The van der Waals surface area contributed by atoms with Crippen molar-refractivity contribution < 1.29 is 89.3 Å². The molecule has 3 heterocycles. The molecule has 0 aromatic carbocycles. The zero-order valence-electron chi connectivity index (χ0n) is 39.9. The third-order valence-corrected chi connectivity index (χ3v) is 19.4. The van der Waals surface area contributed by atoms with E-state index in [1.54, 1.807) is 14.0 Å². The Balaban J connectivity index is 1.09. The lowest BCUT2D eigenvalue weighted by Gasteiger charge is -2.73. The summed E-state index contributed by atoms with van der Waals surface area (Å²) in [5.41, 5.74) is -1.32. The molecule has 25 atom stereocenters. The highest BCUT2D eigenvalue weighted by Gasteiger charge is 2.72. The average Bonchev–Trinajstić information content (AvgIpc) is 3.27. The molecule has 0 aromatic heterocycles. The Kier molecular flexibility index (Phi) is 14.2. The molecule has 4 saturated carbocycles. The van der Waals surface area contributed by atoms with E-state index in [4.69, 9.17) is 33.2 Å². The van der Waals surface area contributed by atoms with Crippen LogP contribution in [0.4, 0.5) is 0 Å². The lowest BCUT2D eigenvalue weighted by atomic mass is 9.32. The summed E-state index contributed by atoms with van der Waals surface area (Å²) in [7, 11) is 1.76. The number of rotatable bonds is 10. The number of ether oxygens (including phenoxy) is 7. The first kappa shape index (κ1) is 51.4. The average molecular weight is 945 g/mol. The van der Waals surface area contributed by atoms with E-state index in [-0.39, 0.29) is 47.9 Å². The van der Waals surface area contributed by atoms with Crippen LogP contribution in [0.15, 0.2) is 11.6 Å². The van der Waals surface area contributed by atoms with Gasteiger partial charge in [0.15, 0.2) is 18.9 Å². The highest BCUT2D eigenvalue weighted by molar-refractivity contribution is 5.37. The molecule has 0 spiro atoms. The molecule has 66 heavy (non-hydrogen) atoms. The molecule has 380 valence electrons. The van der Waals surface area contributed by atoms with Crippen molar-refractivity contribution in [2.75, 3.05) is 33.5 Å². The highest BCUT2D eigenvalue weighted by Crippen LogP contribution is 2.76. The minimum Gasteiger partial charge on any atom is -0.396 e. The molecular weight excluding hydrogens is 865 g/mol. The van der Waals surface area contributed by atoms with E-state index in [1.165, 1.54) is 5.57 Å². The van der Waals surface area contributed by atoms with Crippen LogP contribution in [0.25, 0.3) is 0 Å². The molecule has 0 amide bonds. The van der Waals surface area contributed by atoms with Gasteiger partial charge in [-0.15, -0.1) is 0 Å². The minimum absolute atomic E-state index is 0.00692. The summed E-state index contributed by atoms with van der Waals surface area (Å²) in [4.78, 5) is 0. The molecular formula is C48H80O18. The van der Waals surface area contributed by atoms with E-state index in [0.29, 0.717) is 19.3 Å². The van der Waals surface area contributed by atoms with E-state index in [9.17, 15) is 56.2 Å². The van der Waals surface area contributed by atoms with Crippen molar-refractivity contribution in [3.63, 3.8) is 0 Å². The number of fused-ring (bicyclic) bond motifs is 7. The summed E-state index contributed by atoms with van der Waals surface area (Å²) in [6, 6.07) is 0. The molecule has 3 aliphatic heterocycles. The monoisotopic (exact) mass is 945 g/mol. The first-order valence-corrected chi connectivity index (χ1v) is 24.3. The van der Waals surface area contributed by atoms with Gasteiger partial charge < -0.3 is 89.3 Å². The van der Waals surface area contributed by atoms with Gasteiger partial charge in [0.2, 0.25) is 0 Å². The van der Waals surface area contributed by atoms with Gasteiger partial charge in [-0.05, 0) is 91.8 Å². The van der Waals surface area contributed by atoms with Crippen molar-refractivity contribution in [3.05, 3.63) is 11.6 Å². The van der Waals surface area contributed by atoms with Crippen LogP contribution in [0.3, 0.4) is 0 Å². The molecule has 0 aromatic rings. The third-order valence-electron chi connectivity index (χ3n) is 19.4. The second kappa shape index (κ2) is 18.3. The van der Waals surface area contributed by atoms with Crippen molar-refractivity contribution in [2.45, 2.75) is 204 Å². The van der Waals surface area contributed by atoms with E-state index in [0.717, 1.165) is 32.1 Å². The van der Waals surface area contributed by atoms with Crippen molar-refractivity contribution in [3.8, 4) is 0 Å². The van der Waals surface area contributed by atoms with E-state index in [2.05, 4.69) is 40.7 Å². The number of allylic oxidation sites excluding steroid dienone is 1. The smallest absolute Gasteiger partial charge is 0.187 e. The molecule has 7 fully saturated rings. The number of methoxy groups -OCH3 is 1. The Morgan fingerprint density at radius 2 is 1.33 bits per heavy atom. The second-order valence-corrected chi connectivity index (χ2v) is 23.4. The number of hydrogen-bond acceptors (Lipinski definition) is 18. The standard InChI is InChI=1S/C48H80O18/c1-22-31(54)34(57)37(66-42-38(35(58)33(56)27(18-49)63-42)65-40-36(59)32(55)25(52)19-61-40)41(62-22)64-30-10-11-44(4)28(45(30,5)20-50)9-12-46(6)39(44)26(60-8)15-23-24-16-43(2,3)13-14-48(24,21-51)29(53)17-47(23,46)7/h15,22,24-42,49-59H,9-14,16-21H2,1-8H3/t22-,24+,25-,26-,27-,28-,29-,30+,31+,32+,33-,34+,35+,36-,37-,38-,39-,40+,41+,42+,44+,45+,46-,47-,48-/m1/s1. The van der Waals surface area contributed by atoms with E-state index < -0.39 is 133 Å². The molecule has 5 aliphatic carbocycles. The first-order valence-electron chi connectivity index (χ1n) is 24.3. The zero-order chi connectivity index (χ0) is 48.3. The maximum atomic E-state index is 12.2. The van der Waals surface area contributed by atoms with Crippen molar-refractivity contribution in [2.24, 2.45) is 50.2 Å². The van der Waals surface area contributed by atoms with Gasteiger partial charge in [-0.1, -0.05) is 53.2 Å². The Labute approximate surface area is 388 Å². The predicted molar refractivity (Wildman–Crippen MR) is 232 cm³/mol. The van der Waals surface area contributed by atoms with Gasteiger partial charge in [0.1, 0.15) is 61.0 Å². The Hall–Kier alpha value is -0.980. The van der Waals surface area contributed by atoms with Crippen molar-refractivity contribution in [1.82, 2.24) is 0 Å². The molecule has 0 unspecified atom stereocenters. The van der Waals surface area contributed by atoms with Crippen molar-refractivity contribution >= 4 is 0 Å². The number of aliphatic hydroxyl groups is 11. The quantitative estimate of drug-likeness (QED) is 0.100.